The maximum Gasteiger partial charge on any atom is 0.254 e. The van der Waals surface area contributed by atoms with E-state index in [1.54, 1.807) is 12.4 Å². The second-order valence-corrected chi connectivity index (χ2v) is 10.7. The van der Waals surface area contributed by atoms with Gasteiger partial charge in [-0.3, -0.25) is 9.20 Å². The number of amides is 1. The second-order valence-electron chi connectivity index (χ2n) is 10.7. The molecule has 7 rings (SSSR count). The molecule has 1 atom stereocenters. The van der Waals surface area contributed by atoms with Crippen LogP contribution in [0, 0.1) is 5.82 Å². The number of nitrogens with one attached hydrogen (secondary N) is 2. The Bertz CT molecular complexity index is 1590. The number of carbonyl (C=O) groups excluding carboxylic acids is 1. The number of nitrogens with zero attached hydrogens (tertiary/aromatic N) is 5. The molecular formula is C29H30FN7O2. The first-order valence-electron chi connectivity index (χ1n) is 13.3. The van der Waals surface area contributed by atoms with Gasteiger partial charge in [-0.25, -0.2) is 14.4 Å². The summed E-state index contributed by atoms with van der Waals surface area (Å²) in [6.07, 6.45) is 4.37. The highest BCUT2D eigenvalue weighted by Gasteiger charge is 2.33. The summed E-state index contributed by atoms with van der Waals surface area (Å²) >= 11 is 0. The predicted molar refractivity (Wildman–Crippen MR) is 147 cm³/mol. The highest BCUT2D eigenvalue weighted by atomic mass is 19.1. The number of aromatic nitrogens is 3. The molecule has 39 heavy (non-hydrogen) atoms. The second kappa shape index (κ2) is 9.32. The van der Waals surface area contributed by atoms with Gasteiger partial charge in [-0.15, -0.1) is 0 Å². The summed E-state index contributed by atoms with van der Waals surface area (Å²) in [5.41, 5.74) is 5.61. The van der Waals surface area contributed by atoms with Gasteiger partial charge in [0, 0.05) is 61.6 Å². The van der Waals surface area contributed by atoms with Gasteiger partial charge < -0.3 is 25.2 Å². The molecule has 3 aromatic heterocycles. The fourth-order valence-electron chi connectivity index (χ4n) is 5.82. The normalized spacial score (nSPS) is 19.0. The molecule has 1 amide bonds. The number of hydrogen-bond donors (Lipinski definition) is 2. The molecule has 0 saturated carbocycles. The summed E-state index contributed by atoms with van der Waals surface area (Å²) in [7, 11) is 4.22. The van der Waals surface area contributed by atoms with Crippen molar-refractivity contribution in [2.45, 2.75) is 24.9 Å². The third-order valence-electron chi connectivity index (χ3n) is 8.15. The maximum atomic E-state index is 13.7. The highest BCUT2D eigenvalue weighted by molar-refractivity contribution is 6.06. The van der Waals surface area contributed by atoms with Crippen LogP contribution in [0.3, 0.4) is 0 Å². The summed E-state index contributed by atoms with van der Waals surface area (Å²) in [6, 6.07) is 11.3. The first-order chi connectivity index (χ1) is 19.0. The SMILES string of the molecule is CN(C)C1CN(c2nc(Nc3ccc(-c4cnc5cc(F)ccn45)c4c3C(=O)NC4)ccc2[C@H]2CCOC2)C1. The van der Waals surface area contributed by atoms with Crippen molar-refractivity contribution < 1.29 is 13.9 Å². The molecule has 2 saturated heterocycles. The molecule has 200 valence electrons. The lowest BCUT2D eigenvalue weighted by Gasteiger charge is -2.44. The molecule has 0 bridgehead atoms. The van der Waals surface area contributed by atoms with Gasteiger partial charge in [0.15, 0.2) is 0 Å². The number of fused-ring (bicyclic) bond motifs is 2. The number of halogens is 1. The minimum atomic E-state index is -0.338. The molecule has 0 unspecified atom stereocenters. The molecule has 0 radical (unpaired) electrons. The van der Waals surface area contributed by atoms with Crippen molar-refractivity contribution >= 4 is 28.9 Å². The molecule has 6 heterocycles. The smallest absolute Gasteiger partial charge is 0.254 e. The minimum absolute atomic E-state index is 0.134. The average molecular weight is 528 g/mol. The highest BCUT2D eigenvalue weighted by Crippen LogP contribution is 2.38. The minimum Gasteiger partial charge on any atom is -0.381 e. The summed E-state index contributed by atoms with van der Waals surface area (Å²) in [5, 5.41) is 6.40. The number of imidazole rings is 1. The predicted octanol–water partition coefficient (Wildman–Crippen LogP) is 3.78. The number of benzene rings is 1. The topological polar surface area (TPSA) is 87.0 Å². The van der Waals surface area contributed by atoms with Crippen molar-refractivity contribution in [1.82, 2.24) is 24.6 Å². The summed E-state index contributed by atoms with van der Waals surface area (Å²) in [5.74, 6) is 1.55. The van der Waals surface area contributed by atoms with Gasteiger partial charge in [0.05, 0.1) is 29.7 Å². The monoisotopic (exact) mass is 527 g/mol. The van der Waals surface area contributed by atoms with Crippen molar-refractivity contribution in [2.75, 3.05) is 50.6 Å². The third-order valence-corrected chi connectivity index (χ3v) is 8.15. The van der Waals surface area contributed by atoms with Crippen molar-refractivity contribution in [1.29, 1.82) is 0 Å². The fourth-order valence-corrected chi connectivity index (χ4v) is 5.82. The van der Waals surface area contributed by atoms with Crippen molar-refractivity contribution in [2.24, 2.45) is 0 Å². The summed E-state index contributed by atoms with van der Waals surface area (Å²) < 4.78 is 21.2. The molecule has 2 fully saturated rings. The molecule has 2 N–H and O–H groups in total. The lowest BCUT2D eigenvalue weighted by molar-refractivity contribution is 0.0966. The zero-order valence-electron chi connectivity index (χ0n) is 21.9. The quantitative estimate of drug-likeness (QED) is 0.395. The van der Waals surface area contributed by atoms with Crippen molar-refractivity contribution in [3.05, 3.63) is 71.3 Å². The lowest BCUT2D eigenvalue weighted by atomic mass is 9.96. The zero-order chi connectivity index (χ0) is 26.7. The van der Waals surface area contributed by atoms with Crippen LogP contribution in [-0.4, -0.2) is 71.6 Å². The number of pyridine rings is 2. The first-order valence-corrected chi connectivity index (χ1v) is 13.3. The molecule has 4 aromatic rings. The number of carbonyl (C=O) groups is 1. The maximum absolute atomic E-state index is 13.7. The Morgan fingerprint density at radius 1 is 1.18 bits per heavy atom. The van der Waals surface area contributed by atoms with Crippen LogP contribution in [0.25, 0.3) is 16.9 Å². The first kappa shape index (κ1) is 24.1. The van der Waals surface area contributed by atoms with E-state index in [1.165, 1.54) is 17.7 Å². The van der Waals surface area contributed by atoms with Crippen LogP contribution < -0.4 is 15.5 Å². The molecule has 3 aliphatic heterocycles. The third kappa shape index (κ3) is 4.11. The van der Waals surface area contributed by atoms with Gasteiger partial charge in [-0.05, 0) is 44.3 Å². The van der Waals surface area contributed by atoms with E-state index in [0.717, 1.165) is 55.4 Å². The van der Waals surface area contributed by atoms with Crippen LogP contribution in [0.4, 0.5) is 21.7 Å². The average Bonchev–Trinajstić information content (AvgIpc) is 3.64. The van der Waals surface area contributed by atoms with E-state index in [0.29, 0.717) is 41.2 Å². The van der Waals surface area contributed by atoms with E-state index >= 15 is 0 Å². The molecule has 10 heteroatoms. The van der Waals surface area contributed by atoms with E-state index in [2.05, 4.69) is 45.6 Å². The molecule has 0 spiro atoms. The molecule has 0 aliphatic carbocycles. The van der Waals surface area contributed by atoms with Gasteiger partial charge in [-0.2, -0.15) is 0 Å². The standard InChI is InChI=1S/C29H30FN7O2/c1-35(2)19-14-36(15-19)28-20(17-8-10-39-16-17)4-6-25(34-28)33-23-5-3-21(22-12-32-29(38)27(22)23)24-13-31-26-11-18(30)7-9-37(24)26/h3-7,9,11,13,17,19H,8,10,12,14-16H2,1-2H3,(H,32,38)(H,33,34)/t17-/m0/s1. The van der Waals surface area contributed by atoms with Gasteiger partial charge in [0.2, 0.25) is 0 Å². The Kier molecular flexibility index (Phi) is 5.75. The number of ether oxygens (including phenoxy) is 1. The van der Waals surface area contributed by atoms with E-state index < -0.39 is 0 Å². The Balaban J connectivity index is 1.24. The van der Waals surface area contributed by atoms with Crippen molar-refractivity contribution in [3.63, 3.8) is 0 Å². The summed E-state index contributed by atoms with van der Waals surface area (Å²) in [4.78, 5) is 27.0. The zero-order valence-corrected chi connectivity index (χ0v) is 21.9. The fraction of sp³-hybridized carbons (Fsp3) is 0.345. The number of rotatable bonds is 6. The number of hydrogen-bond acceptors (Lipinski definition) is 7. The van der Waals surface area contributed by atoms with E-state index in [-0.39, 0.29) is 11.7 Å². The number of anilines is 3. The van der Waals surface area contributed by atoms with Crippen LogP contribution in [0.2, 0.25) is 0 Å². The molecule has 9 nitrogen and oxygen atoms in total. The van der Waals surface area contributed by atoms with E-state index in [1.807, 2.05) is 22.6 Å². The molecular weight excluding hydrogens is 497 g/mol. The van der Waals surface area contributed by atoms with Crippen molar-refractivity contribution in [3.8, 4) is 11.3 Å². The van der Waals surface area contributed by atoms with Gasteiger partial charge in [-0.1, -0.05) is 12.1 Å². The Morgan fingerprint density at radius 2 is 2.05 bits per heavy atom. The van der Waals surface area contributed by atoms with Crippen LogP contribution >= 0.6 is 0 Å². The Labute approximate surface area is 225 Å². The van der Waals surface area contributed by atoms with Gasteiger partial charge in [0.25, 0.3) is 5.91 Å². The number of likely N-dealkylation sites (N-methyl/N-ethyl adjacent to an activating group) is 1. The van der Waals surface area contributed by atoms with Crippen LogP contribution in [0.1, 0.15) is 33.8 Å². The molecule has 3 aliphatic rings. The van der Waals surface area contributed by atoms with Crippen LogP contribution in [0.5, 0.6) is 0 Å². The van der Waals surface area contributed by atoms with E-state index in [4.69, 9.17) is 9.72 Å². The molecule has 1 aromatic carbocycles. The lowest BCUT2D eigenvalue weighted by Crippen LogP contribution is -2.58. The largest absolute Gasteiger partial charge is 0.381 e. The van der Waals surface area contributed by atoms with Gasteiger partial charge >= 0.3 is 0 Å². The Morgan fingerprint density at radius 3 is 2.85 bits per heavy atom. The van der Waals surface area contributed by atoms with E-state index in [9.17, 15) is 9.18 Å². The Hall–Kier alpha value is -4.02. The summed E-state index contributed by atoms with van der Waals surface area (Å²) in [6.45, 7) is 3.77. The van der Waals surface area contributed by atoms with Crippen LogP contribution in [-0.2, 0) is 11.3 Å². The van der Waals surface area contributed by atoms with Gasteiger partial charge in [0.1, 0.15) is 23.1 Å². The van der Waals surface area contributed by atoms with Crippen LogP contribution in [0.15, 0.2) is 48.8 Å².